The fourth-order valence-electron chi connectivity index (χ4n) is 3.76. The summed E-state index contributed by atoms with van der Waals surface area (Å²) in [5, 5.41) is 14.3. The molecule has 0 bridgehead atoms. The van der Waals surface area contributed by atoms with Gasteiger partial charge in [-0.05, 0) is 54.9 Å². The second-order valence-electron chi connectivity index (χ2n) is 8.97. The molecule has 0 aromatic heterocycles. The van der Waals surface area contributed by atoms with Gasteiger partial charge in [-0.1, -0.05) is 45.0 Å². The Morgan fingerprint density at radius 2 is 1.83 bits per heavy atom. The number of hydrazone groups is 1. The minimum absolute atomic E-state index is 0.0405. The number of benzene rings is 2. The van der Waals surface area contributed by atoms with E-state index in [9.17, 15) is 9.90 Å². The van der Waals surface area contributed by atoms with Crippen molar-refractivity contribution in [2.75, 3.05) is 18.0 Å². The van der Waals surface area contributed by atoms with Gasteiger partial charge in [0.15, 0.2) is 0 Å². The van der Waals surface area contributed by atoms with E-state index in [1.807, 2.05) is 12.1 Å². The van der Waals surface area contributed by atoms with E-state index in [-0.39, 0.29) is 28.9 Å². The lowest BCUT2D eigenvalue weighted by atomic mass is 9.86. The summed E-state index contributed by atoms with van der Waals surface area (Å²) in [5.74, 6) is 0.299. The Morgan fingerprint density at radius 1 is 1.17 bits per heavy atom. The van der Waals surface area contributed by atoms with Gasteiger partial charge in [0, 0.05) is 36.3 Å². The van der Waals surface area contributed by atoms with Crippen LogP contribution in [0.25, 0.3) is 0 Å². The van der Waals surface area contributed by atoms with E-state index in [4.69, 9.17) is 0 Å². The van der Waals surface area contributed by atoms with Crippen LogP contribution in [-0.4, -0.2) is 30.3 Å². The van der Waals surface area contributed by atoms with Crippen LogP contribution in [0.4, 0.5) is 5.69 Å². The lowest BCUT2D eigenvalue weighted by molar-refractivity contribution is -0.122. The number of nitrogens with one attached hydrogen (secondary N) is 1. The standard InChI is InChI=1S/C25H33N3O2/c1-6-28(7-2)20-13-10-18(23(29)14-20)16-26-27-24(30)22-15-21(22)17-8-11-19(12-9-17)25(3,4)5/h8-14,16,21-22,29H,6-7,15H2,1-5H3,(H,27,30)/t21-,22-/m0/s1. The van der Waals surface area contributed by atoms with Gasteiger partial charge in [0.05, 0.1) is 6.21 Å². The van der Waals surface area contributed by atoms with Gasteiger partial charge in [-0.15, -0.1) is 0 Å². The van der Waals surface area contributed by atoms with Crippen LogP contribution in [0.2, 0.25) is 0 Å². The molecule has 0 aliphatic heterocycles. The van der Waals surface area contributed by atoms with Gasteiger partial charge < -0.3 is 10.0 Å². The number of phenols is 1. The third kappa shape index (κ3) is 5.02. The number of phenolic OH excluding ortho intramolecular Hbond substituents is 1. The van der Waals surface area contributed by atoms with Gasteiger partial charge >= 0.3 is 0 Å². The Kier molecular flexibility index (Phi) is 6.49. The number of hydrogen-bond donors (Lipinski definition) is 2. The summed E-state index contributed by atoms with van der Waals surface area (Å²) in [5.41, 5.74) is 6.80. The van der Waals surface area contributed by atoms with Crippen molar-refractivity contribution < 1.29 is 9.90 Å². The first-order chi connectivity index (χ1) is 14.2. The third-order valence-electron chi connectivity index (χ3n) is 5.85. The van der Waals surface area contributed by atoms with Crippen LogP contribution in [0.3, 0.4) is 0 Å². The summed E-state index contributed by atoms with van der Waals surface area (Å²) in [6.07, 6.45) is 2.34. The third-order valence-corrected chi connectivity index (χ3v) is 5.85. The fraction of sp³-hybridized carbons (Fsp3) is 0.440. The summed E-state index contributed by atoms with van der Waals surface area (Å²) in [6, 6.07) is 14.1. The minimum atomic E-state index is -0.0737. The summed E-state index contributed by atoms with van der Waals surface area (Å²) >= 11 is 0. The van der Waals surface area contributed by atoms with Gasteiger partial charge in [-0.25, -0.2) is 5.43 Å². The second kappa shape index (κ2) is 8.90. The highest BCUT2D eigenvalue weighted by molar-refractivity contribution is 5.87. The van der Waals surface area contributed by atoms with Crippen molar-refractivity contribution in [3.8, 4) is 5.75 Å². The number of amides is 1. The Bertz CT molecular complexity index is 909. The SMILES string of the molecule is CCN(CC)c1ccc(C=NNC(=O)[C@H]2C[C@H]2c2ccc(C(C)(C)C)cc2)c(O)c1. The molecule has 5 heteroatoms. The van der Waals surface area contributed by atoms with Crippen molar-refractivity contribution in [2.45, 2.75) is 52.4 Å². The van der Waals surface area contributed by atoms with Crippen molar-refractivity contribution in [1.82, 2.24) is 5.43 Å². The number of nitrogens with zero attached hydrogens (tertiary/aromatic N) is 2. The first-order valence-corrected chi connectivity index (χ1v) is 10.8. The molecule has 5 nitrogen and oxygen atoms in total. The quantitative estimate of drug-likeness (QED) is 0.512. The number of aromatic hydroxyl groups is 1. The largest absolute Gasteiger partial charge is 0.507 e. The first-order valence-electron chi connectivity index (χ1n) is 10.8. The molecule has 30 heavy (non-hydrogen) atoms. The molecule has 2 aromatic rings. The highest BCUT2D eigenvalue weighted by Gasteiger charge is 2.44. The minimum Gasteiger partial charge on any atom is -0.507 e. The summed E-state index contributed by atoms with van der Waals surface area (Å²) in [4.78, 5) is 14.6. The van der Waals surface area contributed by atoms with E-state index in [2.05, 4.69) is 74.3 Å². The molecular weight excluding hydrogens is 374 g/mol. The molecule has 1 amide bonds. The Labute approximate surface area is 179 Å². The average molecular weight is 408 g/mol. The van der Waals surface area contributed by atoms with Crippen LogP contribution in [-0.2, 0) is 10.2 Å². The first kappa shape index (κ1) is 21.9. The van der Waals surface area contributed by atoms with Gasteiger partial charge in [0.1, 0.15) is 5.75 Å². The Balaban J connectivity index is 1.56. The van der Waals surface area contributed by atoms with Crippen LogP contribution in [0.15, 0.2) is 47.6 Å². The summed E-state index contributed by atoms with van der Waals surface area (Å²) < 4.78 is 0. The van der Waals surface area contributed by atoms with Crippen molar-refractivity contribution in [3.05, 3.63) is 59.2 Å². The molecule has 0 unspecified atom stereocenters. The maximum absolute atomic E-state index is 12.4. The summed E-state index contributed by atoms with van der Waals surface area (Å²) in [6.45, 7) is 12.5. The fourth-order valence-corrected chi connectivity index (χ4v) is 3.76. The average Bonchev–Trinajstić information content (AvgIpc) is 3.51. The van der Waals surface area contributed by atoms with Crippen LogP contribution in [0, 0.1) is 5.92 Å². The highest BCUT2D eigenvalue weighted by Crippen LogP contribution is 2.47. The molecular formula is C25H33N3O2. The van der Waals surface area contributed by atoms with E-state index in [1.165, 1.54) is 17.3 Å². The zero-order chi connectivity index (χ0) is 21.9. The second-order valence-corrected chi connectivity index (χ2v) is 8.97. The van der Waals surface area contributed by atoms with E-state index < -0.39 is 0 Å². The van der Waals surface area contributed by atoms with Crippen molar-refractivity contribution in [2.24, 2.45) is 11.0 Å². The zero-order valence-corrected chi connectivity index (χ0v) is 18.6. The molecule has 2 atom stereocenters. The lowest BCUT2D eigenvalue weighted by Gasteiger charge is -2.21. The number of rotatable bonds is 7. The normalized spacial score (nSPS) is 18.4. The number of carbonyl (C=O) groups excluding carboxylic acids is 1. The van der Waals surface area contributed by atoms with Crippen molar-refractivity contribution in [1.29, 1.82) is 0 Å². The zero-order valence-electron chi connectivity index (χ0n) is 18.6. The van der Waals surface area contributed by atoms with Crippen molar-refractivity contribution in [3.63, 3.8) is 0 Å². The van der Waals surface area contributed by atoms with Crippen molar-refractivity contribution >= 4 is 17.8 Å². The smallest absolute Gasteiger partial charge is 0.243 e. The number of carbonyl (C=O) groups is 1. The maximum atomic E-state index is 12.4. The van der Waals surface area contributed by atoms with Crippen LogP contribution < -0.4 is 10.3 Å². The van der Waals surface area contributed by atoms with Crippen LogP contribution in [0.1, 0.15) is 63.6 Å². The molecule has 2 N–H and O–H groups in total. The molecule has 1 saturated carbocycles. The molecule has 0 spiro atoms. The van der Waals surface area contributed by atoms with E-state index >= 15 is 0 Å². The monoisotopic (exact) mass is 407 g/mol. The molecule has 2 aromatic carbocycles. The van der Waals surface area contributed by atoms with Gasteiger partial charge in [-0.2, -0.15) is 5.10 Å². The molecule has 0 saturated heterocycles. The van der Waals surface area contributed by atoms with Gasteiger partial charge in [0.2, 0.25) is 5.91 Å². The number of hydrogen-bond acceptors (Lipinski definition) is 4. The Morgan fingerprint density at radius 3 is 2.40 bits per heavy atom. The molecule has 160 valence electrons. The topological polar surface area (TPSA) is 64.9 Å². The summed E-state index contributed by atoms with van der Waals surface area (Å²) in [7, 11) is 0. The molecule has 1 aliphatic rings. The molecule has 0 radical (unpaired) electrons. The molecule has 1 aliphatic carbocycles. The molecule has 1 fully saturated rings. The van der Waals surface area contributed by atoms with Gasteiger partial charge in [0.25, 0.3) is 0 Å². The van der Waals surface area contributed by atoms with E-state index in [0.29, 0.717) is 5.56 Å². The molecule has 3 rings (SSSR count). The van der Waals surface area contributed by atoms with Crippen LogP contribution in [0.5, 0.6) is 5.75 Å². The maximum Gasteiger partial charge on any atom is 0.243 e. The predicted molar refractivity (Wildman–Crippen MR) is 123 cm³/mol. The number of anilines is 1. The highest BCUT2D eigenvalue weighted by atomic mass is 16.3. The van der Waals surface area contributed by atoms with Gasteiger partial charge in [-0.3, -0.25) is 4.79 Å². The Hall–Kier alpha value is -2.82. The van der Waals surface area contributed by atoms with E-state index in [1.54, 1.807) is 6.07 Å². The lowest BCUT2D eigenvalue weighted by Crippen LogP contribution is -2.21. The predicted octanol–water partition coefficient (Wildman–Crippen LogP) is 4.79. The molecule has 0 heterocycles. The van der Waals surface area contributed by atoms with E-state index in [0.717, 1.165) is 25.2 Å². The van der Waals surface area contributed by atoms with Crippen LogP contribution >= 0.6 is 0 Å².